The van der Waals surface area contributed by atoms with Crippen LogP contribution in [0.25, 0.3) is 10.1 Å². The summed E-state index contributed by atoms with van der Waals surface area (Å²) in [6, 6.07) is 8.68. The van der Waals surface area contributed by atoms with E-state index in [0.29, 0.717) is 11.5 Å². The third-order valence-corrected chi connectivity index (χ3v) is 6.80. The predicted octanol–water partition coefficient (Wildman–Crippen LogP) is 3.27. The zero-order valence-electron chi connectivity index (χ0n) is 15.8. The summed E-state index contributed by atoms with van der Waals surface area (Å²) in [6.45, 7) is 5.12. The van der Waals surface area contributed by atoms with Gasteiger partial charge in [-0.25, -0.2) is 4.98 Å². The Labute approximate surface area is 168 Å². The van der Waals surface area contributed by atoms with Gasteiger partial charge in [-0.1, -0.05) is 18.2 Å². The molecule has 2 aliphatic heterocycles. The van der Waals surface area contributed by atoms with Crippen molar-refractivity contribution in [3.8, 4) is 0 Å². The molecule has 1 aromatic carbocycles. The third-order valence-electron chi connectivity index (χ3n) is 5.79. The van der Waals surface area contributed by atoms with Crippen LogP contribution in [0.3, 0.4) is 0 Å². The van der Waals surface area contributed by atoms with Crippen molar-refractivity contribution < 1.29 is 9.21 Å². The lowest BCUT2D eigenvalue weighted by Crippen LogP contribution is -2.48. The van der Waals surface area contributed by atoms with Gasteiger partial charge in [0.2, 0.25) is 0 Å². The summed E-state index contributed by atoms with van der Waals surface area (Å²) in [4.78, 5) is 21.6. The number of rotatable bonds is 4. The molecule has 0 saturated carbocycles. The lowest BCUT2D eigenvalue weighted by atomic mass is 10.1. The van der Waals surface area contributed by atoms with E-state index >= 15 is 0 Å². The second-order valence-electron chi connectivity index (χ2n) is 7.54. The molecular formula is C21H24N4O2S. The van der Waals surface area contributed by atoms with Gasteiger partial charge >= 0.3 is 0 Å². The topological polar surface area (TPSA) is 61.6 Å². The van der Waals surface area contributed by atoms with Gasteiger partial charge < -0.3 is 14.6 Å². The molecule has 0 aliphatic carbocycles. The number of nitrogens with one attached hydrogen (secondary N) is 1. The highest BCUT2D eigenvalue weighted by Gasteiger charge is 2.30. The number of oxazole rings is 1. The van der Waals surface area contributed by atoms with Gasteiger partial charge in [-0.05, 0) is 41.8 Å². The van der Waals surface area contributed by atoms with Crippen LogP contribution in [-0.2, 0) is 6.54 Å². The number of benzene rings is 1. The zero-order chi connectivity index (χ0) is 18.9. The monoisotopic (exact) mass is 396 g/mol. The molecule has 146 valence electrons. The lowest BCUT2D eigenvalue weighted by Gasteiger charge is -2.34. The number of aromatic nitrogens is 1. The lowest BCUT2D eigenvalue weighted by molar-refractivity contribution is 0.0621. The molecule has 1 unspecified atom stereocenters. The highest BCUT2D eigenvalue weighted by molar-refractivity contribution is 7.17. The molecule has 2 saturated heterocycles. The molecule has 5 rings (SSSR count). The molecule has 6 nitrogen and oxygen atoms in total. The first kappa shape index (κ1) is 17.8. The number of carbonyl (C=O) groups excluding carboxylic acids is 1. The summed E-state index contributed by atoms with van der Waals surface area (Å²) in [6.07, 6.45) is 3.51. The fraction of sp³-hybridized carbons (Fsp3) is 0.429. The second kappa shape index (κ2) is 7.66. The molecule has 1 atom stereocenters. The Kier molecular flexibility index (Phi) is 4.88. The van der Waals surface area contributed by atoms with Crippen LogP contribution in [0.2, 0.25) is 0 Å². The molecule has 0 bridgehead atoms. The van der Waals surface area contributed by atoms with E-state index in [0.717, 1.165) is 52.1 Å². The van der Waals surface area contributed by atoms with Gasteiger partial charge in [0.25, 0.3) is 5.91 Å². The number of amides is 1. The average Bonchev–Trinajstić information content (AvgIpc) is 3.49. The van der Waals surface area contributed by atoms with Crippen LogP contribution in [0.5, 0.6) is 0 Å². The maximum atomic E-state index is 13.0. The van der Waals surface area contributed by atoms with Crippen molar-refractivity contribution in [2.45, 2.75) is 25.4 Å². The molecule has 7 heteroatoms. The van der Waals surface area contributed by atoms with Gasteiger partial charge in [-0.2, -0.15) is 0 Å². The minimum Gasteiger partial charge on any atom is -0.446 e. The Morgan fingerprint density at radius 1 is 1.25 bits per heavy atom. The number of fused-ring (bicyclic) bond motifs is 1. The molecule has 2 aliphatic rings. The van der Waals surface area contributed by atoms with Crippen LogP contribution in [0.15, 0.2) is 40.5 Å². The summed E-state index contributed by atoms with van der Waals surface area (Å²) in [7, 11) is 0. The molecular weight excluding hydrogens is 372 g/mol. The second-order valence-corrected chi connectivity index (χ2v) is 8.45. The van der Waals surface area contributed by atoms with E-state index in [-0.39, 0.29) is 11.9 Å². The SMILES string of the molecule is O=C(c1ncoc1C1CCCN1)N1CCN(Cc2csc3ccccc23)CC1. The fourth-order valence-electron chi connectivity index (χ4n) is 4.23. The van der Waals surface area contributed by atoms with Crippen LogP contribution in [0, 0.1) is 0 Å². The largest absolute Gasteiger partial charge is 0.446 e. The Hall–Kier alpha value is -2.22. The van der Waals surface area contributed by atoms with Crippen LogP contribution in [0.1, 0.15) is 40.7 Å². The van der Waals surface area contributed by atoms with E-state index in [4.69, 9.17) is 4.42 Å². The highest BCUT2D eigenvalue weighted by Crippen LogP contribution is 2.28. The van der Waals surface area contributed by atoms with Crippen LogP contribution in [-0.4, -0.2) is 53.4 Å². The quantitative estimate of drug-likeness (QED) is 0.733. The van der Waals surface area contributed by atoms with Crippen molar-refractivity contribution in [3.63, 3.8) is 0 Å². The Morgan fingerprint density at radius 3 is 2.93 bits per heavy atom. The Balaban J connectivity index is 1.22. The van der Waals surface area contributed by atoms with Gasteiger partial charge in [-0.15, -0.1) is 11.3 Å². The number of piperazine rings is 1. The maximum absolute atomic E-state index is 13.0. The van der Waals surface area contributed by atoms with Crippen molar-refractivity contribution in [1.29, 1.82) is 0 Å². The molecule has 1 N–H and O–H groups in total. The van der Waals surface area contributed by atoms with Crippen molar-refractivity contribution in [2.75, 3.05) is 32.7 Å². The van der Waals surface area contributed by atoms with E-state index in [1.165, 1.54) is 22.0 Å². The predicted molar refractivity (Wildman–Crippen MR) is 109 cm³/mol. The summed E-state index contributed by atoms with van der Waals surface area (Å²) in [5.41, 5.74) is 1.86. The first-order valence-electron chi connectivity index (χ1n) is 9.93. The smallest absolute Gasteiger partial charge is 0.276 e. The summed E-state index contributed by atoms with van der Waals surface area (Å²) < 4.78 is 6.90. The van der Waals surface area contributed by atoms with E-state index in [2.05, 4.69) is 44.8 Å². The van der Waals surface area contributed by atoms with Crippen LogP contribution >= 0.6 is 11.3 Å². The molecule has 1 amide bonds. The van der Waals surface area contributed by atoms with Crippen LogP contribution in [0.4, 0.5) is 0 Å². The van der Waals surface area contributed by atoms with E-state index < -0.39 is 0 Å². The summed E-state index contributed by atoms with van der Waals surface area (Å²) in [5, 5.41) is 7.00. The van der Waals surface area contributed by atoms with Crippen molar-refractivity contribution >= 4 is 27.3 Å². The standard InChI is InChI=1S/C21H24N4O2S/c26-21(19-20(27-14-23-19)17-5-3-7-22-17)25-10-8-24(9-11-25)12-15-13-28-18-6-2-1-4-16(15)18/h1-2,4,6,13-14,17,22H,3,5,7-12H2. The summed E-state index contributed by atoms with van der Waals surface area (Å²) in [5.74, 6) is 0.702. The molecule has 2 aromatic heterocycles. The zero-order valence-corrected chi connectivity index (χ0v) is 16.6. The first-order chi connectivity index (χ1) is 13.8. The van der Waals surface area contributed by atoms with Crippen molar-refractivity contribution in [1.82, 2.24) is 20.1 Å². The maximum Gasteiger partial charge on any atom is 0.276 e. The van der Waals surface area contributed by atoms with Crippen molar-refractivity contribution in [2.24, 2.45) is 0 Å². The van der Waals surface area contributed by atoms with Gasteiger partial charge in [0.1, 0.15) is 0 Å². The normalized spacial score (nSPS) is 20.9. The molecule has 0 spiro atoms. The fourth-order valence-corrected chi connectivity index (χ4v) is 5.18. The van der Waals surface area contributed by atoms with E-state index in [1.54, 1.807) is 11.3 Å². The average molecular weight is 397 g/mol. The van der Waals surface area contributed by atoms with Gasteiger partial charge in [0, 0.05) is 37.4 Å². The minimum atomic E-state index is -0.00177. The summed E-state index contributed by atoms with van der Waals surface area (Å²) >= 11 is 1.80. The molecule has 3 aromatic rings. The Bertz CT molecular complexity index is 968. The van der Waals surface area contributed by atoms with Gasteiger partial charge in [0.05, 0.1) is 6.04 Å². The van der Waals surface area contributed by atoms with E-state index in [9.17, 15) is 4.79 Å². The molecule has 2 fully saturated rings. The molecule has 0 radical (unpaired) electrons. The minimum absolute atomic E-state index is 0.00177. The number of nitrogens with zero attached hydrogens (tertiary/aromatic N) is 3. The van der Waals surface area contributed by atoms with Gasteiger partial charge in [-0.3, -0.25) is 9.69 Å². The highest BCUT2D eigenvalue weighted by atomic mass is 32.1. The number of hydrogen-bond acceptors (Lipinski definition) is 6. The van der Waals surface area contributed by atoms with E-state index in [1.807, 2.05) is 4.90 Å². The van der Waals surface area contributed by atoms with Crippen LogP contribution < -0.4 is 5.32 Å². The number of carbonyl (C=O) groups is 1. The number of hydrogen-bond donors (Lipinski definition) is 1. The number of thiophene rings is 1. The third kappa shape index (κ3) is 3.34. The van der Waals surface area contributed by atoms with Crippen molar-refractivity contribution in [3.05, 3.63) is 53.1 Å². The molecule has 4 heterocycles. The molecule has 28 heavy (non-hydrogen) atoms. The van der Waals surface area contributed by atoms with Gasteiger partial charge in [0.15, 0.2) is 17.8 Å². The Morgan fingerprint density at radius 2 is 2.11 bits per heavy atom. The first-order valence-corrected chi connectivity index (χ1v) is 10.8.